The average molecular weight is 296 g/mol. The molecule has 0 aromatic rings. The molecule has 2 N–H and O–H groups in total. The number of carboxylic acid groups (broad SMARTS) is 1. The van der Waals surface area contributed by atoms with Crippen LogP contribution in [0.5, 0.6) is 0 Å². The fraction of sp³-hybridized carbons (Fsp3) is 0.733. The molecule has 1 amide bonds. The maximum Gasteiger partial charge on any atom is 0.410 e. The normalized spacial score (nSPS) is 17.6. The van der Waals surface area contributed by atoms with Gasteiger partial charge in [0.05, 0.1) is 17.5 Å². The molecule has 0 radical (unpaired) electrons. The van der Waals surface area contributed by atoms with Crippen LogP contribution in [0.15, 0.2) is 0 Å². The van der Waals surface area contributed by atoms with E-state index >= 15 is 0 Å². The lowest BCUT2D eigenvalue weighted by Crippen LogP contribution is -2.74. The number of likely N-dealkylation sites (tertiary alicyclic amines) is 1. The van der Waals surface area contributed by atoms with E-state index < -0.39 is 28.7 Å². The summed E-state index contributed by atoms with van der Waals surface area (Å²) in [5.41, 5.74) is -1.93. The lowest BCUT2D eigenvalue weighted by molar-refractivity contribution is -0.141. The predicted octanol–water partition coefficient (Wildman–Crippen LogP) is 1.45. The van der Waals surface area contributed by atoms with Crippen molar-refractivity contribution in [2.24, 2.45) is 0 Å². The van der Waals surface area contributed by atoms with Gasteiger partial charge in [0.15, 0.2) is 0 Å². The summed E-state index contributed by atoms with van der Waals surface area (Å²) < 4.78 is 5.27. The first-order valence-corrected chi connectivity index (χ1v) is 6.85. The highest BCUT2D eigenvalue weighted by Crippen LogP contribution is 2.29. The first-order chi connectivity index (χ1) is 9.38. The van der Waals surface area contributed by atoms with Crippen molar-refractivity contribution in [1.29, 1.82) is 0 Å². The Balaban J connectivity index is 2.73. The lowest BCUT2D eigenvalue weighted by atomic mass is 9.83. The monoisotopic (exact) mass is 296 g/mol. The molecular formula is C15H24N2O4. The number of hydrogen-bond donors (Lipinski definition) is 2. The minimum atomic E-state index is -0.931. The van der Waals surface area contributed by atoms with Gasteiger partial charge in [-0.1, -0.05) is 5.92 Å². The second-order valence-corrected chi connectivity index (χ2v) is 7.08. The molecule has 1 heterocycles. The van der Waals surface area contributed by atoms with Gasteiger partial charge in [-0.05, 0) is 34.6 Å². The van der Waals surface area contributed by atoms with Crippen LogP contribution < -0.4 is 5.32 Å². The standard InChI is InChI=1S/C15H24N2O4/c1-7-14(5,6)16-15(8-11(18)19)9-17(10-15)12(20)21-13(2,3)4/h1,16H,8-10H2,2-6H3,(H,18,19). The number of aliphatic carboxylic acids is 1. The van der Waals surface area contributed by atoms with Gasteiger partial charge in [-0.15, -0.1) is 6.42 Å². The third-order valence-electron chi connectivity index (χ3n) is 3.07. The molecule has 1 rings (SSSR count). The van der Waals surface area contributed by atoms with E-state index in [0.717, 1.165) is 0 Å². The van der Waals surface area contributed by atoms with E-state index in [1.54, 1.807) is 34.6 Å². The highest BCUT2D eigenvalue weighted by atomic mass is 16.6. The van der Waals surface area contributed by atoms with Crippen LogP contribution in [0.25, 0.3) is 0 Å². The Kier molecular flexibility index (Phi) is 4.59. The van der Waals surface area contributed by atoms with E-state index in [2.05, 4.69) is 11.2 Å². The van der Waals surface area contributed by atoms with Crippen molar-refractivity contribution >= 4 is 12.1 Å². The number of carbonyl (C=O) groups excluding carboxylic acids is 1. The quantitative estimate of drug-likeness (QED) is 0.768. The second-order valence-electron chi connectivity index (χ2n) is 7.08. The van der Waals surface area contributed by atoms with Crippen molar-refractivity contribution in [2.75, 3.05) is 13.1 Å². The largest absolute Gasteiger partial charge is 0.481 e. The minimum absolute atomic E-state index is 0.0998. The zero-order valence-corrected chi connectivity index (χ0v) is 13.3. The fourth-order valence-corrected chi connectivity index (χ4v) is 2.36. The summed E-state index contributed by atoms with van der Waals surface area (Å²) in [5, 5.41) is 12.2. The van der Waals surface area contributed by atoms with Crippen LogP contribution in [0.2, 0.25) is 0 Å². The summed E-state index contributed by atoms with van der Waals surface area (Å²) >= 11 is 0. The Morgan fingerprint density at radius 2 is 1.86 bits per heavy atom. The molecule has 0 aromatic heterocycles. The third-order valence-corrected chi connectivity index (χ3v) is 3.07. The van der Waals surface area contributed by atoms with Crippen molar-refractivity contribution in [3.8, 4) is 12.3 Å². The maximum atomic E-state index is 11.9. The number of rotatable bonds is 4. The summed E-state index contributed by atoms with van der Waals surface area (Å²) in [7, 11) is 0. The van der Waals surface area contributed by atoms with E-state index in [9.17, 15) is 9.59 Å². The fourth-order valence-electron chi connectivity index (χ4n) is 2.36. The molecule has 1 saturated heterocycles. The number of nitrogens with zero attached hydrogens (tertiary/aromatic N) is 1. The molecule has 0 atom stereocenters. The molecule has 0 spiro atoms. The van der Waals surface area contributed by atoms with Gasteiger partial charge in [0.2, 0.25) is 0 Å². The highest BCUT2D eigenvalue weighted by Gasteiger charge is 2.49. The van der Waals surface area contributed by atoms with Crippen LogP contribution in [0.1, 0.15) is 41.0 Å². The van der Waals surface area contributed by atoms with Gasteiger partial charge in [-0.2, -0.15) is 0 Å². The summed E-state index contributed by atoms with van der Waals surface area (Å²) in [5.74, 6) is 1.65. The number of nitrogens with one attached hydrogen (secondary N) is 1. The number of ether oxygens (including phenoxy) is 1. The van der Waals surface area contributed by atoms with E-state index in [1.165, 1.54) is 4.90 Å². The van der Waals surface area contributed by atoms with Gasteiger partial charge in [0, 0.05) is 13.1 Å². The summed E-state index contributed by atoms with van der Waals surface area (Å²) in [6.45, 7) is 9.48. The van der Waals surface area contributed by atoms with Crippen LogP contribution in [-0.4, -0.2) is 51.8 Å². The number of carboxylic acids is 1. The Labute approximate surface area is 125 Å². The number of terminal acetylenes is 1. The predicted molar refractivity (Wildman–Crippen MR) is 78.8 cm³/mol. The first kappa shape index (κ1) is 17.3. The number of carbonyl (C=O) groups is 2. The van der Waals surface area contributed by atoms with E-state index in [1.807, 2.05) is 0 Å². The van der Waals surface area contributed by atoms with Crippen LogP contribution in [-0.2, 0) is 9.53 Å². The lowest BCUT2D eigenvalue weighted by Gasteiger charge is -2.52. The van der Waals surface area contributed by atoms with Crippen LogP contribution in [0, 0.1) is 12.3 Å². The van der Waals surface area contributed by atoms with E-state index in [-0.39, 0.29) is 19.5 Å². The summed E-state index contributed by atoms with van der Waals surface area (Å²) in [6, 6.07) is 0. The van der Waals surface area contributed by atoms with Gasteiger partial charge < -0.3 is 14.7 Å². The second kappa shape index (κ2) is 5.57. The Morgan fingerprint density at radius 1 is 1.33 bits per heavy atom. The van der Waals surface area contributed by atoms with Crippen molar-refractivity contribution < 1.29 is 19.4 Å². The zero-order chi connectivity index (χ0) is 16.5. The minimum Gasteiger partial charge on any atom is -0.481 e. The van der Waals surface area contributed by atoms with Gasteiger partial charge in [0.25, 0.3) is 0 Å². The number of hydrogen-bond acceptors (Lipinski definition) is 4. The van der Waals surface area contributed by atoms with Gasteiger partial charge >= 0.3 is 12.1 Å². The molecule has 0 aromatic carbocycles. The highest BCUT2D eigenvalue weighted by molar-refractivity contribution is 5.73. The molecule has 0 unspecified atom stereocenters. The van der Waals surface area contributed by atoms with Crippen molar-refractivity contribution in [1.82, 2.24) is 10.2 Å². The molecule has 0 bridgehead atoms. The molecule has 1 fully saturated rings. The Bertz CT molecular complexity index is 465. The van der Waals surface area contributed by atoms with Gasteiger partial charge in [-0.3, -0.25) is 10.1 Å². The molecule has 6 heteroatoms. The smallest absolute Gasteiger partial charge is 0.410 e. The third kappa shape index (κ3) is 4.94. The summed E-state index contributed by atoms with van der Waals surface area (Å²) in [6.07, 6.45) is 4.89. The molecular weight excluding hydrogens is 272 g/mol. The molecule has 1 aliphatic rings. The molecule has 0 aliphatic carbocycles. The van der Waals surface area contributed by atoms with Crippen LogP contribution >= 0.6 is 0 Å². The van der Waals surface area contributed by atoms with Gasteiger partial charge in [0.1, 0.15) is 5.60 Å². The molecule has 118 valence electrons. The SMILES string of the molecule is C#CC(C)(C)NC1(CC(=O)O)CN(C(=O)OC(C)(C)C)C1. The molecule has 1 aliphatic heterocycles. The molecule has 6 nitrogen and oxygen atoms in total. The maximum absolute atomic E-state index is 11.9. The van der Waals surface area contributed by atoms with E-state index in [4.69, 9.17) is 16.3 Å². The Hall–Kier alpha value is -1.74. The Morgan fingerprint density at radius 3 is 2.24 bits per heavy atom. The first-order valence-electron chi connectivity index (χ1n) is 6.85. The van der Waals surface area contributed by atoms with Crippen LogP contribution in [0.3, 0.4) is 0 Å². The van der Waals surface area contributed by atoms with Crippen molar-refractivity contribution in [2.45, 2.75) is 57.7 Å². The van der Waals surface area contributed by atoms with E-state index in [0.29, 0.717) is 0 Å². The topological polar surface area (TPSA) is 78.9 Å². The van der Waals surface area contributed by atoms with Gasteiger partial charge in [-0.25, -0.2) is 4.79 Å². The number of amides is 1. The average Bonchev–Trinajstić information content (AvgIpc) is 2.21. The van der Waals surface area contributed by atoms with Crippen LogP contribution in [0.4, 0.5) is 4.79 Å². The van der Waals surface area contributed by atoms with Crippen molar-refractivity contribution in [3.63, 3.8) is 0 Å². The summed E-state index contributed by atoms with van der Waals surface area (Å²) in [4.78, 5) is 24.5. The molecule has 0 saturated carbocycles. The van der Waals surface area contributed by atoms with Crippen molar-refractivity contribution in [3.05, 3.63) is 0 Å². The zero-order valence-electron chi connectivity index (χ0n) is 13.3. The molecule has 21 heavy (non-hydrogen) atoms.